The molecule has 0 N–H and O–H groups in total. The Balaban J connectivity index is 1.56. The molecule has 1 unspecified atom stereocenters. The lowest BCUT2D eigenvalue weighted by Crippen LogP contribution is -2.44. The number of fused-ring (bicyclic) bond motifs is 1. The molecule has 0 radical (unpaired) electrons. The van der Waals surface area contributed by atoms with Crippen LogP contribution >= 0.6 is 0 Å². The molecular formula is C21H20N2O3. The summed E-state index contributed by atoms with van der Waals surface area (Å²) in [6, 6.07) is 17.4. The molecule has 1 aliphatic rings. The Morgan fingerprint density at radius 2 is 1.88 bits per heavy atom. The summed E-state index contributed by atoms with van der Waals surface area (Å²) in [6.45, 7) is 4.25. The van der Waals surface area contributed by atoms with E-state index in [9.17, 15) is 4.79 Å². The van der Waals surface area contributed by atoms with Gasteiger partial charge < -0.3 is 14.1 Å². The van der Waals surface area contributed by atoms with Crippen molar-refractivity contribution in [3.05, 3.63) is 77.5 Å². The number of hydrogen-bond acceptors (Lipinski definition) is 4. The van der Waals surface area contributed by atoms with Gasteiger partial charge in [0, 0.05) is 18.2 Å². The van der Waals surface area contributed by atoms with Gasteiger partial charge in [0.25, 0.3) is 5.91 Å². The smallest absolute Gasteiger partial charge is 0.296 e. The van der Waals surface area contributed by atoms with Crippen LogP contribution in [0.3, 0.4) is 0 Å². The molecule has 0 spiro atoms. The minimum atomic E-state index is -0.152. The van der Waals surface area contributed by atoms with Crippen LogP contribution < -0.4 is 9.64 Å². The molecule has 0 aliphatic carbocycles. The van der Waals surface area contributed by atoms with Gasteiger partial charge in [0.1, 0.15) is 5.75 Å². The molecule has 5 heteroatoms. The van der Waals surface area contributed by atoms with E-state index in [1.807, 2.05) is 68.4 Å². The summed E-state index contributed by atoms with van der Waals surface area (Å²) in [4.78, 5) is 19.2. The van der Waals surface area contributed by atoms with Crippen LogP contribution in [-0.2, 0) is 13.0 Å². The van der Waals surface area contributed by atoms with Gasteiger partial charge in [-0.3, -0.25) is 4.79 Å². The molecule has 1 aromatic heterocycles. The predicted molar refractivity (Wildman–Crippen MR) is 98.4 cm³/mol. The minimum Gasteiger partial charge on any atom is -0.484 e. The third-order valence-electron chi connectivity index (χ3n) is 4.50. The number of ether oxygens (including phenoxy) is 1. The summed E-state index contributed by atoms with van der Waals surface area (Å²) in [6.07, 6.45) is 0.657. The number of aromatic nitrogens is 1. The molecular weight excluding hydrogens is 328 g/mol. The number of nitrogens with zero attached hydrogens (tertiary/aromatic N) is 2. The average Bonchev–Trinajstić information content (AvgIpc) is 3.05. The second kappa shape index (κ2) is 6.67. The molecule has 1 amide bonds. The highest BCUT2D eigenvalue weighted by atomic mass is 16.5. The molecule has 2 heterocycles. The van der Waals surface area contributed by atoms with Gasteiger partial charge in [0.15, 0.2) is 6.61 Å². The topological polar surface area (TPSA) is 55.6 Å². The van der Waals surface area contributed by atoms with Gasteiger partial charge in [-0.2, -0.15) is 0 Å². The summed E-state index contributed by atoms with van der Waals surface area (Å²) in [5, 5.41) is 0. The van der Waals surface area contributed by atoms with Crippen molar-refractivity contribution in [1.29, 1.82) is 0 Å². The number of hydrogen-bond donors (Lipinski definition) is 0. The lowest BCUT2D eigenvalue weighted by Gasteiger charge is -2.31. The highest BCUT2D eigenvalue weighted by Crippen LogP contribution is 2.29. The second-order valence-electron chi connectivity index (χ2n) is 6.55. The summed E-state index contributed by atoms with van der Waals surface area (Å²) in [5.74, 6) is 1.33. The molecule has 0 fully saturated rings. The summed E-state index contributed by atoms with van der Waals surface area (Å²) >= 11 is 0. The maximum atomic E-state index is 13.0. The van der Waals surface area contributed by atoms with Gasteiger partial charge in [-0.1, -0.05) is 35.9 Å². The Labute approximate surface area is 152 Å². The van der Waals surface area contributed by atoms with E-state index in [2.05, 4.69) is 4.98 Å². The molecule has 0 saturated carbocycles. The number of carbonyl (C=O) groups excluding carboxylic acids is 1. The number of carbonyl (C=O) groups is 1. The van der Waals surface area contributed by atoms with Crippen LogP contribution in [0.4, 0.5) is 5.69 Å². The third kappa shape index (κ3) is 3.08. The van der Waals surface area contributed by atoms with Gasteiger partial charge in [-0.05, 0) is 38.1 Å². The predicted octanol–water partition coefficient (Wildman–Crippen LogP) is 4.15. The normalized spacial score (nSPS) is 16.5. The van der Waals surface area contributed by atoms with Crippen LogP contribution in [-0.4, -0.2) is 16.9 Å². The molecule has 0 saturated heterocycles. The van der Waals surface area contributed by atoms with Crippen molar-refractivity contribution < 1.29 is 13.9 Å². The van der Waals surface area contributed by atoms with Crippen LogP contribution in [0.5, 0.6) is 5.75 Å². The zero-order valence-electron chi connectivity index (χ0n) is 14.8. The molecule has 4 rings (SSSR count). The number of anilines is 1. The van der Waals surface area contributed by atoms with Gasteiger partial charge in [0.05, 0.1) is 5.69 Å². The van der Waals surface area contributed by atoms with E-state index < -0.39 is 0 Å². The zero-order chi connectivity index (χ0) is 18.1. The molecule has 1 atom stereocenters. The Morgan fingerprint density at radius 3 is 2.62 bits per heavy atom. The Morgan fingerprint density at radius 1 is 1.15 bits per heavy atom. The fourth-order valence-electron chi connectivity index (χ4n) is 3.19. The number of aryl methyl sites for hydroxylation is 1. The van der Waals surface area contributed by atoms with E-state index in [0.29, 0.717) is 23.8 Å². The van der Waals surface area contributed by atoms with Crippen LogP contribution in [0.25, 0.3) is 0 Å². The monoisotopic (exact) mass is 348 g/mol. The van der Waals surface area contributed by atoms with Crippen molar-refractivity contribution in [2.75, 3.05) is 4.90 Å². The van der Waals surface area contributed by atoms with Gasteiger partial charge in [-0.25, -0.2) is 4.98 Å². The quantitative estimate of drug-likeness (QED) is 0.711. The van der Waals surface area contributed by atoms with Gasteiger partial charge in [-0.15, -0.1) is 0 Å². The number of amides is 1. The summed E-state index contributed by atoms with van der Waals surface area (Å²) in [7, 11) is 0. The van der Waals surface area contributed by atoms with E-state index in [4.69, 9.17) is 9.15 Å². The first-order valence-electron chi connectivity index (χ1n) is 8.68. The second-order valence-corrected chi connectivity index (χ2v) is 6.55. The van der Waals surface area contributed by atoms with E-state index in [1.54, 1.807) is 4.90 Å². The first-order valence-corrected chi connectivity index (χ1v) is 8.68. The van der Waals surface area contributed by atoms with Crippen LogP contribution in [0, 0.1) is 6.92 Å². The van der Waals surface area contributed by atoms with Crippen molar-refractivity contribution in [3.8, 4) is 5.75 Å². The lowest BCUT2D eigenvalue weighted by atomic mass is 10.0. The molecule has 5 nitrogen and oxygen atoms in total. The van der Waals surface area contributed by atoms with Crippen LogP contribution in [0.15, 0.2) is 59.0 Å². The number of rotatable bonds is 4. The molecule has 132 valence electrons. The SMILES string of the molecule is Cc1ccc(N2C(=O)c3oc(COc4ccccc4)nc3CC2C)cc1. The molecule has 2 aromatic carbocycles. The van der Waals surface area contributed by atoms with E-state index >= 15 is 0 Å². The summed E-state index contributed by atoms with van der Waals surface area (Å²) < 4.78 is 11.4. The van der Waals surface area contributed by atoms with E-state index in [0.717, 1.165) is 17.0 Å². The van der Waals surface area contributed by atoms with Crippen molar-refractivity contribution in [2.24, 2.45) is 0 Å². The van der Waals surface area contributed by atoms with Crippen molar-refractivity contribution in [3.63, 3.8) is 0 Å². The first-order chi connectivity index (χ1) is 12.6. The highest BCUT2D eigenvalue weighted by Gasteiger charge is 2.35. The maximum Gasteiger partial charge on any atom is 0.296 e. The average molecular weight is 348 g/mol. The highest BCUT2D eigenvalue weighted by molar-refractivity contribution is 6.06. The Bertz CT molecular complexity index is 916. The largest absolute Gasteiger partial charge is 0.484 e. The standard InChI is InChI=1S/C21H20N2O3/c1-14-8-10-16(11-9-14)23-15(2)12-18-20(21(23)24)26-19(22-18)13-25-17-6-4-3-5-7-17/h3-11,15H,12-13H2,1-2H3. The Hall–Kier alpha value is -3.08. The zero-order valence-corrected chi connectivity index (χ0v) is 14.8. The van der Waals surface area contributed by atoms with Crippen molar-refractivity contribution in [1.82, 2.24) is 4.98 Å². The lowest BCUT2D eigenvalue weighted by molar-refractivity contribution is 0.0937. The maximum absolute atomic E-state index is 13.0. The fraction of sp³-hybridized carbons (Fsp3) is 0.238. The van der Waals surface area contributed by atoms with Crippen molar-refractivity contribution in [2.45, 2.75) is 32.9 Å². The first kappa shape index (κ1) is 16.4. The van der Waals surface area contributed by atoms with Gasteiger partial charge >= 0.3 is 0 Å². The summed E-state index contributed by atoms with van der Waals surface area (Å²) in [5.41, 5.74) is 2.74. The van der Waals surface area contributed by atoms with E-state index in [1.165, 1.54) is 0 Å². The number of oxazole rings is 1. The Kier molecular flexibility index (Phi) is 4.21. The van der Waals surface area contributed by atoms with Crippen LogP contribution in [0.2, 0.25) is 0 Å². The third-order valence-corrected chi connectivity index (χ3v) is 4.50. The number of para-hydroxylation sites is 1. The number of benzene rings is 2. The molecule has 3 aromatic rings. The van der Waals surface area contributed by atoms with Crippen LogP contribution in [0.1, 0.15) is 34.6 Å². The molecule has 0 bridgehead atoms. The minimum absolute atomic E-state index is 0.0192. The fourth-order valence-corrected chi connectivity index (χ4v) is 3.19. The molecule has 26 heavy (non-hydrogen) atoms. The van der Waals surface area contributed by atoms with Gasteiger partial charge in [0.2, 0.25) is 11.7 Å². The van der Waals surface area contributed by atoms with E-state index in [-0.39, 0.29) is 18.6 Å². The molecule has 1 aliphatic heterocycles. The van der Waals surface area contributed by atoms with Crippen molar-refractivity contribution >= 4 is 11.6 Å².